The SMILES string of the molecule is Nc1cc(F)ccc1COc1cc(Cl)cc(Cl)c1. The van der Waals surface area contributed by atoms with Gasteiger partial charge in [0.1, 0.15) is 18.2 Å². The van der Waals surface area contributed by atoms with Crippen LogP contribution in [0.3, 0.4) is 0 Å². The van der Waals surface area contributed by atoms with Crippen molar-refractivity contribution in [2.24, 2.45) is 0 Å². The third-order valence-electron chi connectivity index (χ3n) is 2.34. The fourth-order valence-electron chi connectivity index (χ4n) is 1.47. The average Bonchev–Trinajstić information content (AvgIpc) is 2.26. The van der Waals surface area contributed by atoms with E-state index in [1.807, 2.05) is 0 Å². The van der Waals surface area contributed by atoms with E-state index in [1.54, 1.807) is 24.3 Å². The fraction of sp³-hybridized carbons (Fsp3) is 0.0769. The van der Waals surface area contributed by atoms with Crippen LogP contribution < -0.4 is 10.5 Å². The highest BCUT2D eigenvalue weighted by Gasteiger charge is 2.03. The maximum absolute atomic E-state index is 12.9. The smallest absolute Gasteiger partial charge is 0.125 e. The molecule has 5 heteroatoms. The van der Waals surface area contributed by atoms with Gasteiger partial charge in [0.2, 0.25) is 0 Å². The first-order valence-electron chi connectivity index (χ1n) is 5.17. The Morgan fingerprint density at radius 2 is 1.72 bits per heavy atom. The zero-order chi connectivity index (χ0) is 13.1. The van der Waals surface area contributed by atoms with E-state index in [-0.39, 0.29) is 12.4 Å². The zero-order valence-corrected chi connectivity index (χ0v) is 10.8. The highest BCUT2D eigenvalue weighted by Crippen LogP contribution is 2.25. The van der Waals surface area contributed by atoms with E-state index in [0.717, 1.165) is 0 Å². The normalized spacial score (nSPS) is 10.4. The van der Waals surface area contributed by atoms with Crippen LogP contribution >= 0.6 is 23.2 Å². The topological polar surface area (TPSA) is 35.2 Å². The number of halogens is 3. The summed E-state index contributed by atoms with van der Waals surface area (Å²) in [5.41, 5.74) is 6.72. The van der Waals surface area contributed by atoms with Crippen LogP contribution in [0.5, 0.6) is 5.75 Å². The summed E-state index contributed by atoms with van der Waals surface area (Å²) in [6.07, 6.45) is 0. The first-order valence-corrected chi connectivity index (χ1v) is 5.93. The van der Waals surface area contributed by atoms with Gasteiger partial charge in [-0.1, -0.05) is 29.3 Å². The maximum Gasteiger partial charge on any atom is 0.125 e. The molecule has 94 valence electrons. The van der Waals surface area contributed by atoms with Gasteiger partial charge < -0.3 is 10.5 Å². The third-order valence-corrected chi connectivity index (χ3v) is 2.77. The number of rotatable bonds is 3. The van der Waals surface area contributed by atoms with Crippen LogP contribution in [-0.2, 0) is 6.61 Å². The first-order chi connectivity index (χ1) is 8.54. The van der Waals surface area contributed by atoms with Gasteiger partial charge in [-0.15, -0.1) is 0 Å². The van der Waals surface area contributed by atoms with Crippen molar-refractivity contribution in [2.45, 2.75) is 6.61 Å². The number of nitrogen functional groups attached to an aromatic ring is 1. The first kappa shape index (κ1) is 13.0. The molecular weight excluding hydrogens is 276 g/mol. The predicted molar refractivity (Wildman–Crippen MR) is 71.6 cm³/mol. The minimum Gasteiger partial charge on any atom is -0.489 e. The van der Waals surface area contributed by atoms with Gasteiger partial charge in [0, 0.05) is 21.3 Å². The molecule has 0 bridgehead atoms. The third kappa shape index (κ3) is 3.28. The van der Waals surface area contributed by atoms with Crippen LogP contribution in [0, 0.1) is 5.82 Å². The highest BCUT2D eigenvalue weighted by molar-refractivity contribution is 6.34. The molecule has 0 unspecified atom stereocenters. The molecule has 0 saturated heterocycles. The van der Waals surface area contributed by atoms with Gasteiger partial charge >= 0.3 is 0 Å². The Balaban J connectivity index is 2.11. The van der Waals surface area contributed by atoms with Gasteiger partial charge in [0.25, 0.3) is 0 Å². The second-order valence-electron chi connectivity index (χ2n) is 3.74. The molecule has 0 aromatic heterocycles. The lowest BCUT2D eigenvalue weighted by atomic mass is 10.2. The Labute approximate surface area is 114 Å². The molecular formula is C13H10Cl2FNO. The van der Waals surface area contributed by atoms with Crippen molar-refractivity contribution < 1.29 is 9.13 Å². The minimum atomic E-state index is -0.373. The van der Waals surface area contributed by atoms with Gasteiger partial charge in [-0.05, 0) is 30.3 Å². The predicted octanol–water partition coefficient (Wildman–Crippen LogP) is 4.29. The molecule has 2 aromatic rings. The second-order valence-corrected chi connectivity index (χ2v) is 4.61. The van der Waals surface area contributed by atoms with Crippen molar-refractivity contribution in [1.29, 1.82) is 0 Å². The molecule has 2 nitrogen and oxygen atoms in total. The van der Waals surface area contributed by atoms with Crippen molar-refractivity contribution >= 4 is 28.9 Å². The molecule has 2 N–H and O–H groups in total. The van der Waals surface area contributed by atoms with Crippen molar-refractivity contribution in [1.82, 2.24) is 0 Å². The monoisotopic (exact) mass is 285 g/mol. The number of benzene rings is 2. The Morgan fingerprint density at radius 3 is 2.33 bits per heavy atom. The molecule has 0 aliphatic heterocycles. The van der Waals surface area contributed by atoms with E-state index >= 15 is 0 Å². The largest absolute Gasteiger partial charge is 0.489 e. The molecule has 0 atom stereocenters. The summed E-state index contributed by atoms with van der Waals surface area (Å²) in [5, 5.41) is 0.981. The highest BCUT2D eigenvalue weighted by atomic mass is 35.5. The average molecular weight is 286 g/mol. The number of nitrogens with two attached hydrogens (primary N) is 1. The van der Waals surface area contributed by atoms with Crippen LogP contribution in [-0.4, -0.2) is 0 Å². The Bertz CT molecular complexity index is 555. The fourth-order valence-corrected chi connectivity index (χ4v) is 1.98. The summed E-state index contributed by atoms with van der Waals surface area (Å²) in [4.78, 5) is 0. The molecule has 2 rings (SSSR count). The quantitative estimate of drug-likeness (QED) is 0.854. The van der Waals surface area contributed by atoms with Gasteiger partial charge in [-0.3, -0.25) is 0 Å². The van der Waals surface area contributed by atoms with E-state index in [4.69, 9.17) is 33.7 Å². The number of anilines is 1. The minimum absolute atomic E-state index is 0.225. The molecule has 0 heterocycles. The molecule has 0 fully saturated rings. The Kier molecular flexibility index (Phi) is 3.94. The summed E-state index contributed by atoms with van der Waals surface area (Å²) < 4.78 is 18.4. The molecule has 0 spiro atoms. The van der Waals surface area contributed by atoms with Gasteiger partial charge in [-0.2, -0.15) is 0 Å². The van der Waals surface area contributed by atoms with Crippen molar-refractivity contribution in [3.05, 3.63) is 57.8 Å². The van der Waals surface area contributed by atoms with Gasteiger partial charge in [0.15, 0.2) is 0 Å². The summed E-state index contributed by atoms with van der Waals surface area (Å²) in [7, 11) is 0. The summed E-state index contributed by atoms with van der Waals surface area (Å²) in [5.74, 6) is 0.165. The van der Waals surface area contributed by atoms with E-state index in [1.165, 1.54) is 12.1 Å². The van der Waals surface area contributed by atoms with Crippen LogP contribution in [0.2, 0.25) is 10.0 Å². The molecule has 0 radical (unpaired) electrons. The van der Waals surface area contributed by atoms with Crippen LogP contribution in [0.25, 0.3) is 0 Å². The molecule has 2 aromatic carbocycles. The van der Waals surface area contributed by atoms with E-state index in [0.29, 0.717) is 27.0 Å². The standard InChI is InChI=1S/C13H10Cl2FNO/c14-9-3-10(15)5-12(4-9)18-7-8-1-2-11(16)6-13(8)17/h1-6H,7,17H2. The summed E-state index contributed by atoms with van der Waals surface area (Å²) in [6.45, 7) is 0.225. The molecule has 0 aliphatic carbocycles. The molecule has 0 amide bonds. The van der Waals surface area contributed by atoms with Crippen molar-refractivity contribution in [2.75, 3.05) is 5.73 Å². The lowest BCUT2D eigenvalue weighted by molar-refractivity contribution is 0.307. The maximum atomic E-state index is 12.9. The van der Waals surface area contributed by atoms with Crippen LogP contribution in [0.1, 0.15) is 5.56 Å². The Morgan fingerprint density at radius 1 is 1.06 bits per heavy atom. The number of ether oxygens (including phenoxy) is 1. The molecule has 18 heavy (non-hydrogen) atoms. The van der Waals surface area contributed by atoms with Gasteiger partial charge in [0.05, 0.1) is 0 Å². The summed E-state index contributed by atoms with van der Waals surface area (Å²) in [6, 6.07) is 9.07. The van der Waals surface area contributed by atoms with Crippen molar-refractivity contribution in [3.63, 3.8) is 0 Å². The van der Waals surface area contributed by atoms with E-state index in [2.05, 4.69) is 0 Å². The van der Waals surface area contributed by atoms with Crippen LogP contribution in [0.15, 0.2) is 36.4 Å². The second kappa shape index (κ2) is 5.46. The number of hydrogen-bond donors (Lipinski definition) is 1. The number of hydrogen-bond acceptors (Lipinski definition) is 2. The lowest BCUT2D eigenvalue weighted by Gasteiger charge is -2.09. The van der Waals surface area contributed by atoms with E-state index in [9.17, 15) is 4.39 Å². The molecule has 0 aliphatic rings. The molecule has 0 saturated carbocycles. The summed E-state index contributed by atoms with van der Waals surface area (Å²) >= 11 is 11.7. The van der Waals surface area contributed by atoms with Gasteiger partial charge in [-0.25, -0.2) is 4.39 Å². The Hall–Kier alpha value is -1.45. The zero-order valence-electron chi connectivity index (χ0n) is 9.29. The lowest BCUT2D eigenvalue weighted by Crippen LogP contribution is -2.00. The van der Waals surface area contributed by atoms with E-state index < -0.39 is 0 Å². The van der Waals surface area contributed by atoms with Crippen molar-refractivity contribution in [3.8, 4) is 5.75 Å². The van der Waals surface area contributed by atoms with Crippen LogP contribution in [0.4, 0.5) is 10.1 Å².